The molecule has 0 spiro atoms. The molecule has 24 heavy (non-hydrogen) atoms. The number of aromatic amines is 1. The Morgan fingerprint density at radius 3 is 2.92 bits per heavy atom. The maximum atomic E-state index is 11.9. The molecule has 0 saturated heterocycles. The van der Waals surface area contributed by atoms with Crippen LogP contribution in [0.4, 0.5) is 5.69 Å². The smallest absolute Gasteiger partial charge is 0.270 e. The molecule has 1 aromatic carbocycles. The van der Waals surface area contributed by atoms with Gasteiger partial charge in [-0.1, -0.05) is 12.1 Å². The van der Waals surface area contributed by atoms with Crippen molar-refractivity contribution in [2.24, 2.45) is 4.99 Å². The van der Waals surface area contributed by atoms with Crippen molar-refractivity contribution in [3.05, 3.63) is 63.5 Å². The van der Waals surface area contributed by atoms with E-state index in [0.717, 1.165) is 6.08 Å². The number of aromatic nitrogens is 3. The lowest BCUT2D eigenvalue weighted by Gasteiger charge is -2.03. The van der Waals surface area contributed by atoms with Crippen LogP contribution in [0.5, 0.6) is 0 Å². The topological polar surface area (TPSA) is 131 Å². The fourth-order valence-electron chi connectivity index (χ4n) is 2.04. The summed E-state index contributed by atoms with van der Waals surface area (Å²) in [4.78, 5) is 37.7. The van der Waals surface area contributed by atoms with Crippen LogP contribution in [-0.2, 0) is 9.59 Å². The van der Waals surface area contributed by atoms with Crippen molar-refractivity contribution in [2.45, 2.75) is 0 Å². The fourth-order valence-corrected chi connectivity index (χ4v) is 2.04. The maximum Gasteiger partial charge on any atom is 0.270 e. The van der Waals surface area contributed by atoms with Crippen LogP contribution in [0.1, 0.15) is 17.0 Å². The summed E-state index contributed by atoms with van der Waals surface area (Å²) < 4.78 is 0. The highest BCUT2D eigenvalue weighted by Gasteiger charge is 2.23. The summed E-state index contributed by atoms with van der Waals surface area (Å²) in [7, 11) is 0. The van der Waals surface area contributed by atoms with Crippen molar-refractivity contribution in [3.8, 4) is 0 Å². The number of benzene rings is 1. The molecule has 1 aliphatic carbocycles. The van der Waals surface area contributed by atoms with E-state index in [4.69, 9.17) is 0 Å². The van der Waals surface area contributed by atoms with Crippen molar-refractivity contribution < 1.29 is 14.5 Å². The summed E-state index contributed by atoms with van der Waals surface area (Å²) in [6.45, 7) is 0. The van der Waals surface area contributed by atoms with Crippen molar-refractivity contribution in [3.63, 3.8) is 0 Å². The minimum atomic E-state index is -0.686. The van der Waals surface area contributed by atoms with Crippen LogP contribution >= 0.6 is 0 Å². The lowest BCUT2D eigenvalue weighted by atomic mass is 10.0. The highest BCUT2D eigenvalue weighted by Crippen LogP contribution is 2.15. The summed E-state index contributed by atoms with van der Waals surface area (Å²) in [6.07, 6.45) is 5.23. The van der Waals surface area contributed by atoms with Crippen LogP contribution in [-0.4, -0.2) is 37.7 Å². The van der Waals surface area contributed by atoms with Gasteiger partial charge in [0.15, 0.2) is 0 Å². The van der Waals surface area contributed by atoms with E-state index >= 15 is 0 Å². The molecule has 1 aromatic heterocycles. The van der Waals surface area contributed by atoms with Crippen molar-refractivity contribution in [1.82, 2.24) is 15.4 Å². The van der Waals surface area contributed by atoms with Gasteiger partial charge in [0.25, 0.3) is 11.6 Å². The van der Waals surface area contributed by atoms with E-state index in [-0.39, 0.29) is 17.1 Å². The summed E-state index contributed by atoms with van der Waals surface area (Å²) in [6, 6.07) is 5.78. The Bertz CT molecular complexity index is 939. The predicted molar refractivity (Wildman–Crippen MR) is 84.1 cm³/mol. The SMILES string of the molecule is O=C(C=Cc1cccc([N+](=O)[O-])c1)N=C1C(=O)C=Cc2n[nH]nc21. The van der Waals surface area contributed by atoms with Gasteiger partial charge >= 0.3 is 0 Å². The van der Waals surface area contributed by atoms with E-state index in [0.29, 0.717) is 11.3 Å². The largest absolute Gasteiger partial charge is 0.287 e. The van der Waals surface area contributed by atoms with E-state index in [1.807, 2.05) is 0 Å². The fraction of sp³-hybridized carbons (Fsp3) is 0. The number of carbonyl (C=O) groups excluding carboxylic acids is 2. The van der Waals surface area contributed by atoms with Gasteiger partial charge in [-0.15, -0.1) is 0 Å². The molecule has 1 amide bonds. The van der Waals surface area contributed by atoms with Gasteiger partial charge in [-0.05, 0) is 23.8 Å². The molecule has 0 saturated carbocycles. The lowest BCUT2D eigenvalue weighted by molar-refractivity contribution is -0.384. The van der Waals surface area contributed by atoms with Gasteiger partial charge in [-0.25, -0.2) is 4.99 Å². The summed E-state index contributed by atoms with van der Waals surface area (Å²) in [5.41, 5.74) is 0.906. The number of nitro benzene ring substituents is 1. The molecule has 0 fully saturated rings. The first kappa shape index (κ1) is 15.2. The number of nitro groups is 1. The molecule has 1 N–H and O–H groups in total. The molecule has 1 aliphatic rings. The predicted octanol–water partition coefficient (Wildman–Crippen LogP) is 1.34. The third kappa shape index (κ3) is 3.04. The second-order valence-corrected chi connectivity index (χ2v) is 4.74. The Morgan fingerprint density at radius 1 is 1.29 bits per heavy atom. The number of allylic oxidation sites excluding steroid dienone is 1. The van der Waals surface area contributed by atoms with Gasteiger partial charge < -0.3 is 0 Å². The standard InChI is InChI=1S/C15H9N5O4/c21-12-6-5-11-14(18-19-17-11)15(12)16-13(22)7-4-9-2-1-3-10(8-9)20(23)24/h1-8H,(H,17,18,19). The van der Waals surface area contributed by atoms with Crippen molar-refractivity contribution in [1.29, 1.82) is 0 Å². The number of H-pyrrole nitrogens is 1. The number of ketones is 1. The second-order valence-electron chi connectivity index (χ2n) is 4.74. The molecule has 9 nitrogen and oxygen atoms in total. The first-order valence-corrected chi connectivity index (χ1v) is 6.73. The number of rotatable bonds is 3. The van der Waals surface area contributed by atoms with Crippen LogP contribution in [0.25, 0.3) is 12.2 Å². The third-order valence-electron chi connectivity index (χ3n) is 3.15. The zero-order valence-electron chi connectivity index (χ0n) is 12.0. The normalized spacial score (nSPS) is 15.0. The van der Waals surface area contributed by atoms with Gasteiger partial charge in [-0.2, -0.15) is 15.4 Å². The monoisotopic (exact) mass is 323 g/mol. The molecule has 2 aromatic rings. The minimum absolute atomic E-state index is 0.0873. The Hall–Kier alpha value is -3.75. The van der Waals surface area contributed by atoms with E-state index in [9.17, 15) is 19.7 Å². The summed E-state index contributed by atoms with van der Waals surface area (Å²) >= 11 is 0. The van der Waals surface area contributed by atoms with E-state index in [1.165, 1.54) is 36.4 Å². The van der Waals surface area contributed by atoms with E-state index < -0.39 is 16.6 Å². The molecule has 1 heterocycles. The number of hydrogen-bond donors (Lipinski definition) is 1. The number of nitrogens with zero attached hydrogens (tertiary/aromatic N) is 4. The molecule has 0 unspecified atom stereocenters. The molecule has 9 heteroatoms. The average molecular weight is 323 g/mol. The molecular formula is C15H9N5O4. The zero-order valence-corrected chi connectivity index (χ0v) is 12.0. The van der Waals surface area contributed by atoms with Crippen molar-refractivity contribution in [2.75, 3.05) is 0 Å². The van der Waals surface area contributed by atoms with Gasteiger partial charge in [0.2, 0.25) is 5.78 Å². The zero-order chi connectivity index (χ0) is 17.1. The molecular weight excluding hydrogens is 314 g/mol. The number of hydrogen-bond acceptors (Lipinski definition) is 6. The summed E-state index contributed by atoms with van der Waals surface area (Å²) in [5.74, 6) is -1.14. The minimum Gasteiger partial charge on any atom is -0.287 e. The number of fused-ring (bicyclic) bond motifs is 1. The number of non-ortho nitro benzene ring substituents is 1. The van der Waals surface area contributed by atoms with Gasteiger partial charge in [0.05, 0.1) is 4.92 Å². The lowest BCUT2D eigenvalue weighted by Crippen LogP contribution is -2.19. The van der Waals surface area contributed by atoms with E-state index in [2.05, 4.69) is 20.4 Å². The van der Waals surface area contributed by atoms with Crippen LogP contribution in [0.2, 0.25) is 0 Å². The van der Waals surface area contributed by atoms with Crippen LogP contribution in [0.3, 0.4) is 0 Å². The first-order valence-electron chi connectivity index (χ1n) is 6.73. The Morgan fingerprint density at radius 2 is 2.12 bits per heavy atom. The van der Waals surface area contributed by atoms with E-state index in [1.54, 1.807) is 6.07 Å². The highest BCUT2D eigenvalue weighted by molar-refractivity contribution is 6.52. The third-order valence-corrected chi connectivity index (χ3v) is 3.15. The second kappa shape index (κ2) is 6.16. The Labute approximate surface area is 134 Å². The maximum absolute atomic E-state index is 11.9. The highest BCUT2D eigenvalue weighted by atomic mass is 16.6. The van der Waals surface area contributed by atoms with Crippen LogP contribution in [0, 0.1) is 10.1 Å². The molecule has 0 radical (unpaired) electrons. The van der Waals surface area contributed by atoms with Gasteiger partial charge in [-0.3, -0.25) is 19.7 Å². The molecule has 0 bridgehead atoms. The molecule has 118 valence electrons. The van der Waals surface area contributed by atoms with Crippen LogP contribution in [0.15, 0.2) is 41.4 Å². The van der Waals surface area contributed by atoms with Crippen LogP contribution < -0.4 is 0 Å². The number of nitrogens with one attached hydrogen (secondary N) is 1. The molecule has 0 aliphatic heterocycles. The van der Waals surface area contributed by atoms with Gasteiger partial charge in [0, 0.05) is 18.2 Å². The Balaban J connectivity index is 1.83. The summed E-state index contributed by atoms with van der Waals surface area (Å²) in [5, 5.41) is 20.7. The number of aliphatic imine (C=N–C) groups is 1. The van der Waals surface area contributed by atoms with Crippen molar-refractivity contribution >= 4 is 35.2 Å². The average Bonchev–Trinajstić information content (AvgIpc) is 3.05. The number of amides is 1. The number of carbonyl (C=O) groups is 2. The molecule has 0 atom stereocenters. The quantitative estimate of drug-likeness (QED) is 0.515. The van der Waals surface area contributed by atoms with Gasteiger partial charge in [0.1, 0.15) is 17.1 Å². The first-order chi connectivity index (χ1) is 11.5. The Kier molecular flexibility index (Phi) is 3.89. The molecule has 3 rings (SSSR count).